The normalized spacial score (nSPS) is 16.3. The highest BCUT2D eigenvalue weighted by atomic mass is 16.3. The number of piperazine rings is 1. The van der Waals surface area contributed by atoms with Crippen molar-refractivity contribution >= 4 is 17.4 Å². The Bertz CT molecular complexity index is 720. The Balaban J connectivity index is 1.56. The van der Waals surface area contributed by atoms with Gasteiger partial charge in [0.15, 0.2) is 0 Å². The molecule has 1 aliphatic rings. The number of nitrogens with zero attached hydrogens (tertiary/aromatic N) is 3. The number of pyridine rings is 1. The molecule has 0 radical (unpaired) electrons. The lowest BCUT2D eigenvalue weighted by Gasteiger charge is -2.35. The van der Waals surface area contributed by atoms with Gasteiger partial charge in [0.05, 0.1) is 11.7 Å². The van der Waals surface area contributed by atoms with E-state index in [4.69, 9.17) is 0 Å². The van der Waals surface area contributed by atoms with E-state index in [1.54, 1.807) is 6.20 Å². The van der Waals surface area contributed by atoms with Gasteiger partial charge in [-0.1, -0.05) is 17.7 Å². The number of nitrogens with one attached hydrogen (secondary N) is 1. The van der Waals surface area contributed by atoms with E-state index in [2.05, 4.69) is 20.1 Å². The highest BCUT2D eigenvalue weighted by Gasteiger charge is 2.19. The maximum Gasteiger partial charge on any atom is 0.257 e. The minimum Gasteiger partial charge on any atom is -0.392 e. The molecule has 1 atom stereocenters. The SMILES string of the molecule is Cc1ccc(NC(=O)c2ccc(N3CCN(C[C@@H](C)O)CC3)nc2)cc1. The molecule has 1 saturated heterocycles. The smallest absolute Gasteiger partial charge is 0.257 e. The summed E-state index contributed by atoms with van der Waals surface area (Å²) in [5, 5.41) is 12.4. The summed E-state index contributed by atoms with van der Waals surface area (Å²) in [4.78, 5) is 21.3. The largest absolute Gasteiger partial charge is 0.392 e. The summed E-state index contributed by atoms with van der Waals surface area (Å²) >= 11 is 0. The van der Waals surface area contributed by atoms with Crippen LogP contribution in [0.5, 0.6) is 0 Å². The lowest BCUT2D eigenvalue weighted by Crippen LogP contribution is -2.48. The number of aromatic nitrogens is 1. The van der Waals surface area contributed by atoms with Crippen LogP contribution >= 0.6 is 0 Å². The number of rotatable bonds is 5. The van der Waals surface area contributed by atoms with Crippen LogP contribution in [0, 0.1) is 6.92 Å². The Morgan fingerprint density at radius 2 is 1.85 bits per heavy atom. The number of carbonyl (C=O) groups excluding carboxylic acids is 1. The first-order valence-corrected chi connectivity index (χ1v) is 9.01. The average molecular weight is 354 g/mol. The van der Waals surface area contributed by atoms with Crippen molar-refractivity contribution in [3.05, 3.63) is 53.7 Å². The van der Waals surface area contributed by atoms with E-state index in [1.165, 1.54) is 0 Å². The van der Waals surface area contributed by atoms with Crippen LogP contribution in [0.4, 0.5) is 11.5 Å². The monoisotopic (exact) mass is 354 g/mol. The maximum absolute atomic E-state index is 12.3. The Hall–Kier alpha value is -2.44. The summed E-state index contributed by atoms with van der Waals surface area (Å²) in [5.74, 6) is 0.725. The van der Waals surface area contributed by atoms with Crippen LogP contribution in [-0.2, 0) is 0 Å². The van der Waals surface area contributed by atoms with Crippen LogP contribution in [0.25, 0.3) is 0 Å². The third-order valence-electron chi connectivity index (χ3n) is 4.54. The highest BCUT2D eigenvalue weighted by Crippen LogP contribution is 2.16. The molecule has 2 heterocycles. The molecule has 1 aromatic heterocycles. The summed E-state index contributed by atoms with van der Waals surface area (Å²) < 4.78 is 0. The van der Waals surface area contributed by atoms with E-state index in [0.29, 0.717) is 12.1 Å². The van der Waals surface area contributed by atoms with Crippen molar-refractivity contribution in [3.8, 4) is 0 Å². The van der Waals surface area contributed by atoms with Crippen LogP contribution in [0.3, 0.4) is 0 Å². The van der Waals surface area contributed by atoms with Gasteiger partial charge in [0.2, 0.25) is 0 Å². The van der Waals surface area contributed by atoms with Crippen LogP contribution < -0.4 is 10.2 Å². The molecule has 0 aliphatic carbocycles. The van der Waals surface area contributed by atoms with Crippen molar-refractivity contribution in [1.82, 2.24) is 9.88 Å². The first kappa shape index (κ1) is 18.4. The Kier molecular flexibility index (Phi) is 5.85. The Morgan fingerprint density at radius 3 is 2.42 bits per heavy atom. The molecule has 6 nitrogen and oxygen atoms in total. The molecule has 1 amide bonds. The second kappa shape index (κ2) is 8.29. The highest BCUT2D eigenvalue weighted by molar-refractivity contribution is 6.04. The number of anilines is 2. The Labute approximate surface area is 154 Å². The molecule has 2 aromatic rings. The summed E-state index contributed by atoms with van der Waals surface area (Å²) in [6.45, 7) is 8.08. The number of β-amino-alcohol motifs (C(OH)–C–C–N with tert-alkyl or cyclic N) is 1. The number of aliphatic hydroxyl groups is 1. The third kappa shape index (κ3) is 4.80. The molecule has 0 unspecified atom stereocenters. The van der Waals surface area contributed by atoms with E-state index in [-0.39, 0.29) is 12.0 Å². The average Bonchev–Trinajstić information content (AvgIpc) is 2.64. The molecule has 0 spiro atoms. The predicted molar refractivity (Wildman–Crippen MR) is 104 cm³/mol. The minimum atomic E-state index is -0.300. The molecule has 1 fully saturated rings. The first-order valence-electron chi connectivity index (χ1n) is 9.01. The van der Waals surface area contributed by atoms with Crippen molar-refractivity contribution in [3.63, 3.8) is 0 Å². The molecule has 6 heteroatoms. The maximum atomic E-state index is 12.3. The number of benzene rings is 1. The van der Waals surface area contributed by atoms with Gasteiger partial charge in [0.1, 0.15) is 5.82 Å². The molecule has 138 valence electrons. The van der Waals surface area contributed by atoms with E-state index < -0.39 is 0 Å². The number of amides is 1. The standard InChI is InChI=1S/C20H26N4O2/c1-15-3-6-18(7-4-15)22-20(26)17-5-8-19(21-13-17)24-11-9-23(10-12-24)14-16(2)25/h3-8,13,16,25H,9-12,14H2,1-2H3,(H,22,26)/t16-/m1/s1. The number of carbonyl (C=O) groups is 1. The van der Waals surface area contributed by atoms with E-state index in [9.17, 15) is 9.90 Å². The summed E-state index contributed by atoms with van der Waals surface area (Å²) in [7, 11) is 0. The fraction of sp³-hybridized carbons (Fsp3) is 0.400. The molecule has 1 aliphatic heterocycles. The van der Waals surface area contributed by atoms with Gasteiger partial charge >= 0.3 is 0 Å². The lowest BCUT2D eigenvalue weighted by molar-refractivity contribution is 0.102. The quantitative estimate of drug-likeness (QED) is 0.861. The molecule has 0 bridgehead atoms. The molecular weight excluding hydrogens is 328 g/mol. The summed E-state index contributed by atoms with van der Waals surface area (Å²) in [6, 6.07) is 11.4. The number of aliphatic hydroxyl groups excluding tert-OH is 1. The van der Waals surface area contributed by atoms with Gasteiger partial charge in [-0.3, -0.25) is 9.69 Å². The summed E-state index contributed by atoms with van der Waals surface area (Å²) in [5.41, 5.74) is 2.48. The first-order chi connectivity index (χ1) is 12.5. The van der Waals surface area contributed by atoms with E-state index in [0.717, 1.165) is 43.2 Å². The van der Waals surface area contributed by atoms with Gasteiger partial charge in [0, 0.05) is 44.6 Å². The van der Waals surface area contributed by atoms with Gasteiger partial charge in [0.25, 0.3) is 5.91 Å². The van der Waals surface area contributed by atoms with Crippen molar-refractivity contribution in [2.24, 2.45) is 0 Å². The Morgan fingerprint density at radius 1 is 1.15 bits per heavy atom. The molecular formula is C20H26N4O2. The zero-order valence-corrected chi connectivity index (χ0v) is 15.4. The van der Waals surface area contributed by atoms with Crippen molar-refractivity contribution in [2.75, 3.05) is 42.9 Å². The van der Waals surface area contributed by atoms with Gasteiger partial charge in [-0.05, 0) is 38.1 Å². The summed E-state index contributed by atoms with van der Waals surface area (Å²) in [6.07, 6.45) is 1.33. The van der Waals surface area contributed by atoms with Gasteiger partial charge in [-0.15, -0.1) is 0 Å². The van der Waals surface area contributed by atoms with Crippen molar-refractivity contribution in [1.29, 1.82) is 0 Å². The van der Waals surface area contributed by atoms with Gasteiger partial charge in [-0.2, -0.15) is 0 Å². The second-order valence-electron chi connectivity index (χ2n) is 6.86. The fourth-order valence-electron chi connectivity index (χ4n) is 3.08. The second-order valence-corrected chi connectivity index (χ2v) is 6.86. The van der Waals surface area contributed by atoms with Gasteiger partial charge in [-0.25, -0.2) is 4.98 Å². The number of aryl methyl sites for hydroxylation is 1. The molecule has 1 aromatic carbocycles. The van der Waals surface area contributed by atoms with Gasteiger partial charge < -0.3 is 15.3 Å². The molecule has 26 heavy (non-hydrogen) atoms. The van der Waals surface area contributed by atoms with Crippen LogP contribution in [0.2, 0.25) is 0 Å². The van der Waals surface area contributed by atoms with Crippen LogP contribution in [0.15, 0.2) is 42.6 Å². The van der Waals surface area contributed by atoms with Crippen molar-refractivity contribution < 1.29 is 9.90 Å². The topological polar surface area (TPSA) is 68.7 Å². The molecule has 2 N–H and O–H groups in total. The minimum absolute atomic E-state index is 0.158. The number of hydrogen-bond donors (Lipinski definition) is 2. The fourth-order valence-corrected chi connectivity index (χ4v) is 3.08. The lowest BCUT2D eigenvalue weighted by atomic mass is 10.2. The molecule has 3 rings (SSSR count). The zero-order valence-electron chi connectivity index (χ0n) is 15.4. The van der Waals surface area contributed by atoms with E-state index >= 15 is 0 Å². The predicted octanol–water partition coefficient (Wildman–Crippen LogP) is 2.15. The van der Waals surface area contributed by atoms with Crippen molar-refractivity contribution in [2.45, 2.75) is 20.0 Å². The molecule has 0 saturated carbocycles. The number of hydrogen-bond acceptors (Lipinski definition) is 5. The van der Waals surface area contributed by atoms with Crippen LogP contribution in [-0.4, -0.2) is 59.7 Å². The zero-order chi connectivity index (χ0) is 18.5. The van der Waals surface area contributed by atoms with Crippen LogP contribution in [0.1, 0.15) is 22.8 Å². The third-order valence-corrected chi connectivity index (χ3v) is 4.54. The van der Waals surface area contributed by atoms with E-state index in [1.807, 2.05) is 50.2 Å².